The Hall–Kier alpha value is -1.82. The van der Waals surface area contributed by atoms with Crippen LogP contribution in [-0.2, 0) is 4.79 Å². The standard InChI is InChI=1S/C19H26FN3O2/c1-25-17-12-14(20)2-3-16(17)22-8-10-23(11-9-22)18(24)15-13-19(15)4-6-21-7-5-19/h2-3,12,15,21H,4-11,13H2,1H3. The zero-order valence-electron chi connectivity index (χ0n) is 14.8. The molecular formula is C19H26FN3O2. The topological polar surface area (TPSA) is 44.8 Å². The number of nitrogens with one attached hydrogen (secondary N) is 1. The van der Waals surface area contributed by atoms with Gasteiger partial charge in [-0.05, 0) is 49.9 Å². The second kappa shape index (κ2) is 6.48. The Morgan fingerprint density at radius 3 is 2.64 bits per heavy atom. The van der Waals surface area contributed by atoms with Crippen LogP contribution >= 0.6 is 0 Å². The molecule has 0 bridgehead atoms. The molecule has 0 aromatic heterocycles. The molecule has 5 nitrogen and oxygen atoms in total. The molecule has 1 atom stereocenters. The molecule has 2 heterocycles. The van der Waals surface area contributed by atoms with E-state index in [1.54, 1.807) is 13.2 Å². The third-order valence-electron chi connectivity index (χ3n) is 6.16. The largest absolute Gasteiger partial charge is 0.494 e. The highest BCUT2D eigenvalue weighted by Gasteiger charge is 2.58. The number of nitrogens with zero attached hydrogens (tertiary/aromatic N) is 2. The number of benzene rings is 1. The van der Waals surface area contributed by atoms with Crippen LogP contribution in [0.25, 0.3) is 0 Å². The van der Waals surface area contributed by atoms with Crippen LogP contribution < -0.4 is 15.0 Å². The number of carbonyl (C=O) groups excluding carboxylic acids is 1. The number of rotatable bonds is 3. The van der Waals surface area contributed by atoms with E-state index in [-0.39, 0.29) is 11.7 Å². The molecule has 6 heteroatoms. The molecule has 2 aliphatic heterocycles. The summed E-state index contributed by atoms with van der Waals surface area (Å²) in [5, 5.41) is 3.39. The zero-order valence-corrected chi connectivity index (χ0v) is 14.8. The molecule has 1 N–H and O–H groups in total. The zero-order chi connectivity index (χ0) is 17.4. The normalized spacial score (nSPS) is 25.1. The van der Waals surface area contributed by atoms with Crippen LogP contribution in [0.2, 0.25) is 0 Å². The number of hydrogen-bond donors (Lipinski definition) is 1. The van der Waals surface area contributed by atoms with E-state index in [2.05, 4.69) is 10.2 Å². The fourth-order valence-electron chi connectivity index (χ4n) is 4.47. The molecule has 1 unspecified atom stereocenters. The molecule has 1 amide bonds. The van der Waals surface area contributed by atoms with Gasteiger partial charge in [-0.2, -0.15) is 0 Å². The Bertz CT molecular complexity index is 652. The second-order valence-corrected chi connectivity index (χ2v) is 7.50. The van der Waals surface area contributed by atoms with Crippen molar-refractivity contribution in [2.24, 2.45) is 11.3 Å². The van der Waals surface area contributed by atoms with Crippen LogP contribution in [0.1, 0.15) is 19.3 Å². The molecule has 1 spiro atoms. The monoisotopic (exact) mass is 347 g/mol. The predicted molar refractivity (Wildman–Crippen MR) is 94.4 cm³/mol. The van der Waals surface area contributed by atoms with Crippen LogP contribution in [0.4, 0.5) is 10.1 Å². The molecule has 3 fully saturated rings. The van der Waals surface area contributed by atoms with Crippen molar-refractivity contribution < 1.29 is 13.9 Å². The SMILES string of the molecule is COc1cc(F)ccc1N1CCN(C(=O)C2CC23CCNCC3)CC1. The fraction of sp³-hybridized carbons (Fsp3) is 0.632. The van der Waals surface area contributed by atoms with Gasteiger partial charge in [-0.15, -0.1) is 0 Å². The van der Waals surface area contributed by atoms with Crippen LogP contribution in [-0.4, -0.2) is 57.2 Å². The lowest BCUT2D eigenvalue weighted by Gasteiger charge is -2.37. The minimum absolute atomic E-state index is 0.238. The number of halogens is 1. The minimum Gasteiger partial charge on any atom is -0.494 e. The summed E-state index contributed by atoms with van der Waals surface area (Å²) in [5.74, 6) is 0.833. The van der Waals surface area contributed by atoms with Crippen molar-refractivity contribution >= 4 is 11.6 Å². The first-order chi connectivity index (χ1) is 12.1. The highest BCUT2D eigenvalue weighted by Crippen LogP contribution is 2.59. The average Bonchev–Trinajstić information content (AvgIpc) is 3.34. The summed E-state index contributed by atoms with van der Waals surface area (Å²) in [6, 6.07) is 4.63. The Labute approximate surface area is 148 Å². The maximum absolute atomic E-state index is 13.4. The van der Waals surface area contributed by atoms with E-state index in [1.807, 2.05) is 4.90 Å². The first-order valence-electron chi connectivity index (χ1n) is 9.21. The molecule has 136 valence electrons. The molecular weight excluding hydrogens is 321 g/mol. The highest BCUT2D eigenvalue weighted by molar-refractivity contribution is 5.83. The van der Waals surface area contributed by atoms with Gasteiger partial charge in [-0.25, -0.2) is 4.39 Å². The molecule has 1 aromatic rings. The van der Waals surface area contributed by atoms with Crippen molar-refractivity contribution in [3.05, 3.63) is 24.0 Å². The van der Waals surface area contributed by atoms with Gasteiger partial charge in [0, 0.05) is 38.2 Å². The molecule has 3 aliphatic rings. The summed E-state index contributed by atoms with van der Waals surface area (Å²) in [7, 11) is 1.56. The quantitative estimate of drug-likeness (QED) is 0.907. The second-order valence-electron chi connectivity index (χ2n) is 7.50. The van der Waals surface area contributed by atoms with Crippen molar-refractivity contribution in [1.82, 2.24) is 10.2 Å². The number of piperidine rings is 1. The van der Waals surface area contributed by atoms with Crippen LogP contribution in [0.5, 0.6) is 5.75 Å². The first-order valence-corrected chi connectivity index (χ1v) is 9.21. The van der Waals surface area contributed by atoms with Gasteiger partial charge >= 0.3 is 0 Å². The van der Waals surface area contributed by atoms with Crippen LogP contribution in [0.3, 0.4) is 0 Å². The van der Waals surface area contributed by atoms with Gasteiger partial charge < -0.3 is 19.9 Å². The van der Waals surface area contributed by atoms with Gasteiger partial charge in [0.05, 0.1) is 12.8 Å². The summed E-state index contributed by atoms with van der Waals surface area (Å²) < 4.78 is 18.7. The number of hydrogen-bond acceptors (Lipinski definition) is 4. The molecule has 1 aromatic carbocycles. The Kier molecular flexibility index (Phi) is 4.31. The van der Waals surface area contributed by atoms with Gasteiger partial charge in [0.15, 0.2) is 0 Å². The Morgan fingerprint density at radius 2 is 1.96 bits per heavy atom. The maximum Gasteiger partial charge on any atom is 0.226 e. The lowest BCUT2D eigenvalue weighted by molar-refractivity contribution is -0.133. The van der Waals surface area contributed by atoms with Crippen molar-refractivity contribution in [1.29, 1.82) is 0 Å². The highest BCUT2D eigenvalue weighted by atomic mass is 19.1. The Balaban J connectivity index is 1.37. The molecule has 2 saturated heterocycles. The molecule has 0 radical (unpaired) electrons. The van der Waals surface area contributed by atoms with Crippen molar-refractivity contribution in [3.63, 3.8) is 0 Å². The molecule has 25 heavy (non-hydrogen) atoms. The van der Waals surface area contributed by atoms with Crippen molar-refractivity contribution in [3.8, 4) is 5.75 Å². The van der Waals surface area contributed by atoms with Gasteiger partial charge in [0.2, 0.25) is 5.91 Å². The average molecular weight is 347 g/mol. The van der Waals surface area contributed by atoms with E-state index in [1.165, 1.54) is 12.1 Å². The number of anilines is 1. The summed E-state index contributed by atoms with van der Waals surface area (Å²) >= 11 is 0. The third-order valence-corrected chi connectivity index (χ3v) is 6.16. The molecule has 1 aliphatic carbocycles. The van der Waals surface area contributed by atoms with E-state index >= 15 is 0 Å². The van der Waals surface area contributed by atoms with Gasteiger partial charge in [-0.3, -0.25) is 4.79 Å². The fourth-order valence-corrected chi connectivity index (χ4v) is 4.47. The Morgan fingerprint density at radius 1 is 1.24 bits per heavy atom. The van der Waals surface area contributed by atoms with Gasteiger partial charge in [0.1, 0.15) is 11.6 Å². The molecule has 4 rings (SSSR count). The smallest absolute Gasteiger partial charge is 0.226 e. The van der Waals surface area contributed by atoms with E-state index < -0.39 is 0 Å². The summed E-state index contributed by atoms with van der Waals surface area (Å²) in [6.45, 7) is 5.06. The van der Waals surface area contributed by atoms with Gasteiger partial charge in [0.25, 0.3) is 0 Å². The number of methoxy groups -OCH3 is 1. The van der Waals surface area contributed by atoms with Gasteiger partial charge in [-0.1, -0.05) is 0 Å². The summed E-state index contributed by atoms with van der Waals surface area (Å²) in [4.78, 5) is 17.1. The van der Waals surface area contributed by atoms with E-state index in [0.29, 0.717) is 17.1 Å². The van der Waals surface area contributed by atoms with Crippen LogP contribution in [0.15, 0.2) is 18.2 Å². The lowest BCUT2D eigenvalue weighted by atomic mass is 9.91. The first kappa shape index (κ1) is 16.6. The van der Waals surface area contributed by atoms with Crippen molar-refractivity contribution in [2.45, 2.75) is 19.3 Å². The maximum atomic E-state index is 13.4. The third kappa shape index (κ3) is 3.08. The number of ether oxygens (including phenoxy) is 1. The molecule has 1 saturated carbocycles. The van der Waals surface area contributed by atoms with E-state index in [9.17, 15) is 9.18 Å². The summed E-state index contributed by atoms with van der Waals surface area (Å²) in [5.41, 5.74) is 1.19. The number of piperazine rings is 1. The lowest BCUT2D eigenvalue weighted by Crippen LogP contribution is -2.50. The number of carbonyl (C=O) groups is 1. The summed E-state index contributed by atoms with van der Waals surface area (Å²) in [6.07, 6.45) is 3.34. The van der Waals surface area contributed by atoms with E-state index in [4.69, 9.17) is 4.74 Å². The predicted octanol–water partition coefficient (Wildman–Crippen LogP) is 1.87. The minimum atomic E-state index is -0.296. The van der Waals surface area contributed by atoms with Crippen LogP contribution in [0, 0.1) is 17.2 Å². The van der Waals surface area contributed by atoms with Crippen molar-refractivity contribution in [2.75, 3.05) is 51.3 Å². The van der Waals surface area contributed by atoms with E-state index in [0.717, 1.165) is 64.2 Å². The number of amides is 1.